The standard InChI is InChI=1S/C6H10O7S/c1-2-12-5(7)3-4-6(8)13-14(9,10)11/h2-4H2,1H3,(H,9,10,11). The molecule has 0 aromatic rings. The third-order valence-electron chi connectivity index (χ3n) is 1.04. The average Bonchev–Trinajstić information content (AvgIpc) is 1.98. The molecule has 0 atom stereocenters. The van der Waals surface area contributed by atoms with Crippen molar-refractivity contribution in [1.82, 2.24) is 0 Å². The van der Waals surface area contributed by atoms with Gasteiger partial charge in [-0.3, -0.25) is 14.1 Å². The van der Waals surface area contributed by atoms with Gasteiger partial charge in [0.25, 0.3) is 0 Å². The van der Waals surface area contributed by atoms with Gasteiger partial charge in [-0.25, -0.2) is 0 Å². The van der Waals surface area contributed by atoms with Crippen LogP contribution < -0.4 is 0 Å². The largest absolute Gasteiger partial charge is 0.466 e. The number of carbonyl (C=O) groups excluding carboxylic acids is 2. The van der Waals surface area contributed by atoms with E-state index in [9.17, 15) is 18.0 Å². The fourth-order valence-electron chi connectivity index (χ4n) is 0.596. The van der Waals surface area contributed by atoms with Crippen molar-refractivity contribution in [3.63, 3.8) is 0 Å². The predicted molar refractivity (Wildman–Crippen MR) is 43.5 cm³/mol. The highest BCUT2D eigenvalue weighted by molar-refractivity contribution is 7.81. The van der Waals surface area contributed by atoms with Gasteiger partial charge >= 0.3 is 22.3 Å². The summed E-state index contributed by atoms with van der Waals surface area (Å²) in [4.78, 5) is 21.3. The molecule has 0 unspecified atom stereocenters. The van der Waals surface area contributed by atoms with Gasteiger partial charge in [0.2, 0.25) is 0 Å². The fourth-order valence-corrected chi connectivity index (χ4v) is 0.915. The molecule has 0 spiro atoms. The number of hydrogen-bond donors (Lipinski definition) is 1. The molecule has 8 heteroatoms. The van der Waals surface area contributed by atoms with Crippen LogP contribution in [0.2, 0.25) is 0 Å². The lowest BCUT2D eigenvalue weighted by Crippen LogP contribution is -2.14. The Morgan fingerprint density at radius 1 is 1.21 bits per heavy atom. The van der Waals surface area contributed by atoms with E-state index in [0.29, 0.717) is 0 Å². The lowest BCUT2D eigenvalue weighted by Gasteiger charge is -2.00. The van der Waals surface area contributed by atoms with Gasteiger partial charge < -0.3 is 8.92 Å². The molecule has 0 fully saturated rings. The van der Waals surface area contributed by atoms with E-state index in [1.54, 1.807) is 6.92 Å². The maximum absolute atomic E-state index is 10.7. The molecule has 0 rings (SSSR count). The van der Waals surface area contributed by atoms with Crippen LogP contribution >= 0.6 is 0 Å². The highest BCUT2D eigenvalue weighted by Crippen LogP contribution is 1.98. The molecule has 0 aliphatic rings. The maximum Gasteiger partial charge on any atom is 0.448 e. The van der Waals surface area contributed by atoms with Gasteiger partial charge in [0, 0.05) is 0 Å². The van der Waals surface area contributed by atoms with Crippen molar-refractivity contribution in [2.75, 3.05) is 6.61 Å². The molecule has 7 nitrogen and oxygen atoms in total. The Kier molecular flexibility index (Phi) is 5.10. The van der Waals surface area contributed by atoms with Gasteiger partial charge in [-0.2, -0.15) is 8.42 Å². The molecule has 0 bridgehead atoms. The first-order valence-corrected chi connectivity index (χ1v) is 5.07. The van der Waals surface area contributed by atoms with Crippen molar-refractivity contribution in [3.05, 3.63) is 0 Å². The highest BCUT2D eigenvalue weighted by Gasteiger charge is 2.14. The van der Waals surface area contributed by atoms with Crippen LogP contribution in [0.1, 0.15) is 19.8 Å². The van der Waals surface area contributed by atoms with Gasteiger partial charge in [0.1, 0.15) is 0 Å². The van der Waals surface area contributed by atoms with Crippen molar-refractivity contribution in [3.8, 4) is 0 Å². The molecular formula is C6H10O7S. The molecule has 0 aliphatic heterocycles. The lowest BCUT2D eigenvalue weighted by atomic mass is 10.3. The molecule has 0 heterocycles. The molecule has 0 aromatic carbocycles. The zero-order chi connectivity index (χ0) is 11.2. The second kappa shape index (κ2) is 5.55. The summed E-state index contributed by atoms with van der Waals surface area (Å²) in [6.07, 6.45) is -0.749. The van der Waals surface area contributed by atoms with Gasteiger partial charge in [-0.15, -0.1) is 0 Å². The Morgan fingerprint density at radius 2 is 1.71 bits per heavy atom. The Bertz CT molecular complexity index is 304. The Morgan fingerprint density at radius 3 is 2.14 bits per heavy atom. The van der Waals surface area contributed by atoms with Gasteiger partial charge in [0.15, 0.2) is 0 Å². The van der Waals surface area contributed by atoms with Crippen LogP contribution in [0, 0.1) is 0 Å². The first kappa shape index (κ1) is 12.8. The Balaban J connectivity index is 3.81. The summed E-state index contributed by atoms with van der Waals surface area (Å²) in [7, 11) is -4.79. The Labute approximate surface area is 81.0 Å². The zero-order valence-electron chi connectivity index (χ0n) is 7.43. The molecule has 0 saturated carbocycles. The number of rotatable bonds is 5. The van der Waals surface area contributed by atoms with Crippen LogP contribution in [-0.2, 0) is 28.9 Å². The first-order chi connectivity index (χ1) is 6.35. The van der Waals surface area contributed by atoms with Crippen molar-refractivity contribution < 1.29 is 31.5 Å². The molecule has 82 valence electrons. The van der Waals surface area contributed by atoms with Crippen LogP contribution in [0.3, 0.4) is 0 Å². The normalized spacial score (nSPS) is 10.7. The third-order valence-corrected chi connectivity index (χ3v) is 1.43. The molecule has 0 saturated heterocycles. The fraction of sp³-hybridized carbons (Fsp3) is 0.667. The highest BCUT2D eigenvalue weighted by atomic mass is 32.3. The first-order valence-electron chi connectivity index (χ1n) is 3.70. The smallest absolute Gasteiger partial charge is 0.448 e. The van der Waals surface area contributed by atoms with Gasteiger partial charge in [-0.1, -0.05) is 0 Å². The van der Waals surface area contributed by atoms with Crippen LogP contribution in [0.25, 0.3) is 0 Å². The van der Waals surface area contributed by atoms with E-state index in [1.807, 2.05) is 0 Å². The lowest BCUT2D eigenvalue weighted by molar-refractivity contribution is -0.146. The van der Waals surface area contributed by atoms with Crippen LogP contribution in [0.5, 0.6) is 0 Å². The van der Waals surface area contributed by atoms with Crippen molar-refractivity contribution >= 4 is 22.3 Å². The SMILES string of the molecule is CCOC(=O)CCC(=O)OS(=O)(=O)O. The number of ether oxygens (including phenoxy) is 1. The number of carbonyl (C=O) groups is 2. The molecule has 1 N–H and O–H groups in total. The second-order valence-electron chi connectivity index (χ2n) is 2.19. The van der Waals surface area contributed by atoms with Gasteiger partial charge in [-0.05, 0) is 6.92 Å². The third kappa shape index (κ3) is 7.50. The summed E-state index contributed by atoms with van der Waals surface area (Å²) in [6, 6.07) is 0. The zero-order valence-corrected chi connectivity index (χ0v) is 8.24. The summed E-state index contributed by atoms with van der Waals surface area (Å²) in [5, 5.41) is 0. The number of hydrogen-bond acceptors (Lipinski definition) is 6. The van der Waals surface area contributed by atoms with Crippen LogP contribution in [0.15, 0.2) is 0 Å². The molecule has 0 amide bonds. The van der Waals surface area contributed by atoms with Crippen molar-refractivity contribution in [2.45, 2.75) is 19.8 Å². The topological polar surface area (TPSA) is 107 Å². The van der Waals surface area contributed by atoms with Crippen molar-refractivity contribution in [2.24, 2.45) is 0 Å². The average molecular weight is 226 g/mol. The van der Waals surface area contributed by atoms with E-state index >= 15 is 0 Å². The minimum Gasteiger partial charge on any atom is -0.466 e. The van der Waals surface area contributed by atoms with Gasteiger partial charge in [0.05, 0.1) is 19.4 Å². The maximum atomic E-state index is 10.7. The van der Waals surface area contributed by atoms with E-state index in [1.165, 1.54) is 0 Å². The van der Waals surface area contributed by atoms with E-state index in [2.05, 4.69) is 8.92 Å². The summed E-state index contributed by atoms with van der Waals surface area (Å²) < 4.78 is 36.1. The van der Waals surface area contributed by atoms with E-state index in [4.69, 9.17) is 4.55 Å². The minimum atomic E-state index is -4.79. The monoisotopic (exact) mass is 226 g/mol. The van der Waals surface area contributed by atoms with E-state index < -0.39 is 28.8 Å². The van der Waals surface area contributed by atoms with E-state index in [-0.39, 0.29) is 13.0 Å². The molecular weight excluding hydrogens is 216 g/mol. The Hall–Kier alpha value is -1.15. The predicted octanol–water partition coefficient (Wildman–Crippen LogP) is -0.324. The van der Waals surface area contributed by atoms with E-state index in [0.717, 1.165) is 0 Å². The molecule has 0 aromatic heterocycles. The van der Waals surface area contributed by atoms with Crippen LogP contribution in [0.4, 0.5) is 0 Å². The van der Waals surface area contributed by atoms with Crippen molar-refractivity contribution in [1.29, 1.82) is 0 Å². The second-order valence-corrected chi connectivity index (χ2v) is 3.21. The molecule has 14 heavy (non-hydrogen) atoms. The minimum absolute atomic E-state index is 0.173. The summed E-state index contributed by atoms with van der Waals surface area (Å²) in [5.74, 6) is -1.85. The molecule has 0 radical (unpaired) electrons. The summed E-state index contributed by atoms with van der Waals surface area (Å²) in [5.41, 5.74) is 0. The number of esters is 1. The summed E-state index contributed by atoms with van der Waals surface area (Å²) in [6.45, 7) is 1.76. The van der Waals surface area contributed by atoms with Crippen LogP contribution in [-0.4, -0.2) is 31.5 Å². The quantitative estimate of drug-likeness (QED) is 0.505. The molecule has 0 aliphatic carbocycles. The summed E-state index contributed by atoms with van der Waals surface area (Å²) >= 11 is 0.